The SMILES string of the molecule is O=C(/C=C/c1ccc(Cl)cc1)NC(=S)NNC(=O)c1ccc(NC(=O)C2CC2)cc1. The van der Waals surface area contributed by atoms with Crippen LogP contribution in [0.3, 0.4) is 0 Å². The lowest BCUT2D eigenvalue weighted by atomic mass is 10.2. The molecule has 3 rings (SSSR count). The lowest BCUT2D eigenvalue weighted by molar-refractivity contribution is -0.117. The first-order chi connectivity index (χ1) is 14.4. The van der Waals surface area contributed by atoms with Gasteiger partial charge in [-0.1, -0.05) is 23.7 Å². The van der Waals surface area contributed by atoms with Gasteiger partial charge in [0.2, 0.25) is 11.8 Å². The molecule has 0 heterocycles. The molecule has 0 unspecified atom stereocenters. The maximum absolute atomic E-state index is 12.2. The van der Waals surface area contributed by atoms with Gasteiger partial charge in [0.15, 0.2) is 5.11 Å². The van der Waals surface area contributed by atoms with Crippen molar-refractivity contribution in [3.63, 3.8) is 0 Å². The van der Waals surface area contributed by atoms with Crippen molar-refractivity contribution in [3.05, 3.63) is 70.8 Å². The average molecular weight is 443 g/mol. The normalized spacial score (nSPS) is 12.8. The minimum Gasteiger partial charge on any atom is -0.326 e. The number of hydrogen-bond acceptors (Lipinski definition) is 4. The van der Waals surface area contributed by atoms with E-state index in [0.717, 1.165) is 18.4 Å². The third kappa shape index (κ3) is 6.68. The third-order valence-corrected chi connectivity index (χ3v) is 4.64. The van der Waals surface area contributed by atoms with Crippen molar-refractivity contribution in [2.24, 2.45) is 5.92 Å². The van der Waals surface area contributed by atoms with Crippen molar-refractivity contribution >= 4 is 58.4 Å². The van der Waals surface area contributed by atoms with Crippen LogP contribution in [0.5, 0.6) is 0 Å². The third-order valence-electron chi connectivity index (χ3n) is 4.19. The van der Waals surface area contributed by atoms with E-state index in [2.05, 4.69) is 21.5 Å². The fourth-order valence-electron chi connectivity index (χ4n) is 2.41. The Morgan fingerprint density at radius 1 is 0.967 bits per heavy atom. The highest BCUT2D eigenvalue weighted by Crippen LogP contribution is 2.30. The maximum Gasteiger partial charge on any atom is 0.269 e. The molecule has 0 radical (unpaired) electrons. The zero-order chi connectivity index (χ0) is 21.5. The predicted octanol–water partition coefficient (Wildman–Crippen LogP) is 3.04. The molecule has 7 nitrogen and oxygen atoms in total. The van der Waals surface area contributed by atoms with E-state index in [1.807, 2.05) is 0 Å². The molecule has 3 amide bonds. The van der Waals surface area contributed by atoms with Gasteiger partial charge in [0.1, 0.15) is 0 Å². The summed E-state index contributed by atoms with van der Waals surface area (Å²) in [6.45, 7) is 0. The Morgan fingerprint density at radius 3 is 2.27 bits per heavy atom. The van der Waals surface area contributed by atoms with Gasteiger partial charge >= 0.3 is 0 Å². The van der Waals surface area contributed by atoms with Crippen LogP contribution < -0.4 is 21.5 Å². The average Bonchev–Trinajstić information content (AvgIpc) is 3.58. The molecular weight excluding hydrogens is 424 g/mol. The molecule has 0 aromatic heterocycles. The van der Waals surface area contributed by atoms with Gasteiger partial charge in [0.05, 0.1) is 0 Å². The molecule has 9 heteroatoms. The lowest BCUT2D eigenvalue weighted by Crippen LogP contribution is -2.48. The Balaban J connectivity index is 1.42. The van der Waals surface area contributed by atoms with Gasteiger partial charge < -0.3 is 5.32 Å². The molecule has 1 aliphatic carbocycles. The lowest BCUT2D eigenvalue weighted by Gasteiger charge is -2.10. The van der Waals surface area contributed by atoms with E-state index in [0.29, 0.717) is 16.3 Å². The van der Waals surface area contributed by atoms with Gasteiger partial charge in [0.25, 0.3) is 5.91 Å². The molecule has 1 aliphatic rings. The van der Waals surface area contributed by atoms with Gasteiger partial charge in [-0.15, -0.1) is 0 Å². The van der Waals surface area contributed by atoms with Crippen molar-refractivity contribution in [1.29, 1.82) is 0 Å². The standard InChI is InChI=1S/C21H19ClN4O3S/c22-16-8-1-13(2-9-16)3-12-18(27)24-21(30)26-25-20(29)15-6-10-17(11-7-15)23-19(28)14-4-5-14/h1-3,6-12,14H,4-5H2,(H,23,28)(H,25,29)(H2,24,26,27,30)/b12-3+. The molecule has 0 spiro atoms. The van der Waals surface area contributed by atoms with Crippen LogP contribution in [0.4, 0.5) is 5.69 Å². The largest absolute Gasteiger partial charge is 0.326 e. The van der Waals surface area contributed by atoms with Gasteiger partial charge in [-0.2, -0.15) is 0 Å². The Hall–Kier alpha value is -3.23. The summed E-state index contributed by atoms with van der Waals surface area (Å²) in [5.74, 6) is -0.787. The van der Waals surface area contributed by atoms with Crippen LogP contribution in [0.1, 0.15) is 28.8 Å². The number of thiocarbonyl (C=S) groups is 1. The zero-order valence-electron chi connectivity index (χ0n) is 15.8. The highest BCUT2D eigenvalue weighted by molar-refractivity contribution is 7.80. The van der Waals surface area contributed by atoms with Crippen LogP contribution >= 0.6 is 23.8 Å². The van der Waals surface area contributed by atoms with Crippen LogP contribution in [-0.4, -0.2) is 22.8 Å². The molecule has 154 valence electrons. The number of amides is 3. The van der Waals surface area contributed by atoms with Crippen LogP contribution in [0.25, 0.3) is 6.08 Å². The van der Waals surface area contributed by atoms with E-state index in [-0.39, 0.29) is 16.9 Å². The molecule has 0 aliphatic heterocycles. The fourth-order valence-corrected chi connectivity index (χ4v) is 2.69. The fraction of sp³-hybridized carbons (Fsp3) is 0.143. The Morgan fingerprint density at radius 2 is 1.63 bits per heavy atom. The Kier molecular flexibility index (Phi) is 7.16. The molecule has 0 saturated heterocycles. The van der Waals surface area contributed by atoms with Crippen molar-refractivity contribution in [2.45, 2.75) is 12.8 Å². The van der Waals surface area contributed by atoms with E-state index in [9.17, 15) is 14.4 Å². The first-order valence-electron chi connectivity index (χ1n) is 9.16. The van der Waals surface area contributed by atoms with Crippen LogP contribution in [-0.2, 0) is 9.59 Å². The van der Waals surface area contributed by atoms with Crippen molar-refractivity contribution in [1.82, 2.24) is 16.2 Å². The number of nitrogens with one attached hydrogen (secondary N) is 4. The van der Waals surface area contributed by atoms with Crippen molar-refractivity contribution < 1.29 is 14.4 Å². The molecule has 4 N–H and O–H groups in total. The van der Waals surface area contributed by atoms with Crippen LogP contribution in [0.15, 0.2) is 54.6 Å². The summed E-state index contributed by atoms with van der Waals surface area (Å²) in [5.41, 5.74) is 6.67. The van der Waals surface area contributed by atoms with Gasteiger partial charge in [-0.25, -0.2) is 0 Å². The van der Waals surface area contributed by atoms with E-state index >= 15 is 0 Å². The predicted molar refractivity (Wildman–Crippen MR) is 120 cm³/mol. The molecular formula is C21H19ClN4O3S. The van der Waals surface area contributed by atoms with Gasteiger partial charge in [-0.3, -0.25) is 30.6 Å². The second-order valence-electron chi connectivity index (χ2n) is 6.62. The molecule has 30 heavy (non-hydrogen) atoms. The number of benzene rings is 2. The number of carbonyl (C=O) groups excluding carboxylic acids is 3. The van der Waals surface area contributed by atoms with E-state index in [1.165, 1.54) is 6.08 Å². The molecule has 1 fully saturated rings. The number of hydrazine groups is 1. The second kappa shape index (κ2) is 10.00. The van der Waals surface area contributed by atoms with Crippen molar-refractivity contribution in [2.75, 3.05) is 5.32 Å². The van der Waals surface area contributed by atoms with E-state index in [1.54, 1.807) is 54.6 Å². The molecule has 2 aromatic carbocycles. The number of carbonyl (C=O) groups is 3. The maximum atomic E-state index is 12.2. The quantitative estimate of drug-likeness (QED) is 0.324. The van der Waals surface area contributed by atoms with Crippen LogP contribution in [0.2, 0.25) is 5.02 Å². The molecule has 2 aromatic rings. The Bertz CT molecular complexity index is 986. The van der Waals surface area contributed by atoms with E-state index < -0.39 is 11.8 Å². The summed E-state index contributed by atoms with van der Waals surface area (Å²) in [5, 5.41) is 5.78. The minimum absolute atomic E-state index is 0.0000653. The first kappa shape index (κ1) is 21.5. The van der Waals surface area contributed by atoms with Crippen molar-refractivity contribution in [3.8, 4) is 0 Å². The monoisotopic (exact) mass is 442 g/mol. The minimum atomic E-state index is -0.451. The molecule has 1 saturated carbocycles. The Labute approximate surface area is 183 Å². The summed E-state index contributed by atoms with van der Waals surface area (Å²) >= 11 is 10.8. The first-order valence-corrected chi connectivity index (χ1v) is 9.95. The van der Waals surface area contributed by atoms with Gasteiger partial charge in [-0.05, 0) is 73.1 Å². The summed E-state index contributed by atoms with van der Waals surface area (Å²) in [6.07, 6.45) is 4.76. The summed E-state index contributed by atoms with van der Waals surface area (Å²) in [4.78, 5) is 35.8. The second-order valence-corrected chi connectivity index (χ2v) is 7.47. The number of hydrogen-bond donors (Lipinski definition) is 4. The number of halogens is 1. The number of rotatable bonds is 5. The number of anilines is 1. The van der Waals surface area contributed by atoms with Gasteiger partial charge in [0, 0.05) is 28.3 Å². The highest BCUT2D eigenvalue weighted by atomic mass is 35.5. The highest BCUT2D eigenvalue weighted by Gasteiger charge is 2.29. The van der Waals surface area contributed by atoms with E-state index in [4.69, 9.17) is 23.8 Å². The summed E-state index contributed by atoms with van der Waals surface area (Å²) < 4.78 is 0. The summed E-state index contributed by atoms with van der Waals surface area (Å²) in [6, 6.07) is 13.4. The topological polar surface area (TPSA) is 99.3 Å². The zero-order valence-corrected chi connectivity index (χ0v) is 17.3. The smallest absolute Gasteiger partial charge is 0.269 e. The summed E-state index contributed by atoms with van der Waals surface area (Å²) in [7, 11) is 0. The molecule has 0 atom stereocenters. The molecule has 0 bridgehead atoms. The van der Waals surface area contributed by atoms with Crippen LogP contribution in [0, 0.1) is 5.92 Å².